The van der Waals surface area contributed by atoms with Gasteiger partial charge in [0, 0.05) is 24.6 Å². The lowest BCUT2D eigenvalue weighted by Gasteiger charge is -2.10. The SMILES string of the molecule is CCOCCCNC(=O)c1c(NC(=O)c2nc(SCC)ncc2Cl)sc2c1CCC2. The summed E-state index contributed by atoms with van der Waals surface area (Å²) in [7, 11) is 0. The molecule has 1 aliphatic carbocycles. The normalized spacial score (nSPS) is 12.6. The number of thiophene rings is 1. The highest BCUT2D eigenvalue weighted by Crippen LogP contribution is 2.39. The summed E-state index contributed by atoms with van der Waals surface area (Å²) < 4.78 is 5.31. The van der Waals surface area contributed by atoms with Crippen LogP contribution in [0.4, 0.5) is 5.00 Å². The first-order chi connectivity index (χ1) is 14.5. The van der Waals surface area contributed by atoms with Crippen LogP contribution in [0.15, 0.2) is 11.4 Å². The molecule has 0 unspecified atom stereocenters. The Morgan fingerprint density at radius 3 is 2.90 bits per heavy atom. The van der Waals surface area contributed by atoms with Crippen LogP contribution in [0, 0.1) is 0 Å². The van der Waals surface area contributed by atoms with Gasteiger partial charge in [-0.05, 0) is 43.9 Å². The maximum Gasteiger partial charge on any atom is 0.276 e. The molecule has 2 aromatic heterocycles. The van der Waals surface area contributed by atoms with Crippen molar-refractivity contribution in [3.05, 3.63) is 32.9 Å². The maximum absolute atomic E-state index is 12.9. The summed E-state index contributed by atoms with van der Waals surface area (Å²) in [6.45, 7) is 5.70. The van der Waals surface area contributed by atoms with Crippen molar-refractivity contribution in [2.75, 3.05) is 30.8 Å². The van der Waals surface area contributed by atoms with Crippen molar-refractivity contribution in [3.8, 4) is 0 Å². The molecule has 3 rings (SSSR count). The quantitative estimate of drug-likeness (QED) is 0.308. The topological polar surface area (TPSA) is 93.2 Å². The first-order valence-corrected chi connectivity index (χ1v) is 12.2. The van der Waals surface area contributed by atoms with Gasteiger partial charge in [-0.2, -0.15) is 0 Å². The molecule has 0 fully saturated rings. The monoisotopic (exact) mass is 468 g/mol. The largest absolute Gasteiger partial charge is 0.382 e. The number of hydrogen-bond acceptors (Lipinski definition) is 7. The number of amides is 2. The lowest BCUT2D eigenvalue weighted by atomic mass is 10.1. The fraction of sp³-hybridized carbons (Fsp3) is 0.500. The number of aromatic nitrogens is 2. The number of ether oxygens (including phenoxy) is 1. The van der Waals surface area contributed by atoms with Gasteiger partial charge >= 0.3 is 0 Å². The minimum atomic E-state index is -0.439. The third-order valence-corrected chi connectivity index (χ3v) is 6.77. The summed E-state index contributed by atoms with van der Waals surface area (Å²) in [5.74, 6) is 0.177. The molecule has 0 atom stereocenters. The summed E-state index contributed by atoms with van der Waals surface area (Å²) in [5, 5.41) is 7.03. The molecule has 0 bridgehead atoms. The van der Waals surface area contributed by atoms with E-state index in [9.17, 15) is 9.59 Å². The van der Waals surface area contributed by atoms with Gasteiger partial charge in [0.1, 0.15) is 5.00 Å². The zero-order valence-corrected chi connectivity index (χ0v) is 19.4. The van der Waals surface area contributed by atoms with E-state index in [0.29, 0.717) is 35.5 Å². The lowest BCUT2D eigenvalue weighted by molar-refractivity contribution is 0.0944. The Balaban J connectivity index is 1.77. The van der Waals surface area contributed by atoms with E-state index < -0.39 is 5.91 Å². The highest BCUT2D eigenvalue weighted by atomic mass is 35.5. The summed E-state index contributed by atoms with van der Waals surface area (Å²) in [6, 6.07) is 0. The van der Waals surface area contributed by atoms with Crippen LogP contribution in [-0.4, -0.2) is 47.3 Å². The third kappa shape index (κ3) is 5.51. The molecule has 0 aliphatic heterocycles. The van der Waals surface area contributed by atoms with Crippen LogP contribution in [0.25, 0.3) is 0 Å². The Hall–Kier alpha value is -1.68. The van der Waals surface area contributed by atoms with Crippen LogP contribution in [0.2, 0.25) is 5.02 Å². The summed E-state index contributed by atoms with van der Waals surface area (Å²) in [4.78, 5) is 35.3. The highest BCUT2D eigenvalue weighted by Gasteiger charge is 2.28. The van der Waals surface area contributed by atoms with Gasteiger partial charge in [-0.25, -0.2) is 9.97 Å². The number of nitrogens with one attached hydrogen (secondary N) is 2. The van der Waals surface area contributed by atoms with Gasteiger partial charge in [0.05, 0.1) is 16.8 Å². The molecule has 0 spiro atoms. The number of hydrogen-bond donors (Lipinski definition) is 2. The highest BCUT2D eigenvalue weighted by molar-refractivity contribution is 7.99. The minimum Gasteiger partial charge on any atom is -0.382 e. The molecule has 10 heteroatoms. The van der Waals surface area contributed by atoms with Crippen LogP contribution in [-0.2, 0) is 17.6 Å². The molecular formula is C20H25ClN4O3S2. The summed E-state index contributed by atoms with van der Waals surface area (Å²) >= 11 is 9.05. The van der Waals surface area contributed by atoms with E-state index in [2.05, 4.69) is 20.6 Å². The average molecular weight is 469 g/mol. The van der Waals surface area contributed by atoms with Gasteiger partial charge < -0.3 is 15.4 Å². The van der Waals surface area contributed by atoms with Gasteiger partial charge in [0.15, 0.2) is 10.9 Å². The zero-order valence-electron chi connectivity index (χ0n) is 17.0. The van der Waals surface area contributed by atoms with Crippen molar-refractivity contribution in [2.45, 2.75) is 44.7 Å². The van der Waals surface area contributed by atoms with E-state index in [4.69, 9.17) is 16.3 Å². The average Bonchev–Trinajstić information content (AvgIpc) is 3.30. The van der Waals surface area contributed by atoms with E-state index in [1.165, 1.54) is 29.3 Å². The van der Waals surface area contributed by atoms with Crippen molar-refractivity contribution in [1.82, 2.24) is 15.3 Å². The second kappa shape index (κ2) is 11.1. The minimum absolute atomic E-state index is 0.110. The third-order valence-electron chi connectivity index (χ3n) is 4.54. The van der Waals surface area contributed by atoms with E-state index in [1.807, 2.05) is 13.8 Å². The van der Waals surface area contributed by atoms with Gasteiger partial charge in [0.25, 0.3) is 11.8 Å². The first kappa shape index (κ1) is 23.0. The van der Waals surface area contributed by atoms with E-state index in [1.54, 1.807) is 0 Å². The molecule has 2 heterocycles. The standard InChI is InChI=1S/C20H25ClN4O3S2/c1-3-28-10-6-9-22-17(26)15-12-7-5-8-14(12)30-19(15)25-18(27)16-13(21)11-23-20(24-16)29-4-2/h11H,3-10H2,1-2H3,(H,22,26)(H,25,27). The molecule has 0 aromatic carbocycles. The van der Waals surface area contributed by atoms with Crippen molar-refractivity contribution < 1.29 is 14.3 Å². The Labute approximate surface area is 189 Å². The number of thioether (sulfide) groups is 1. The van der Waals surface area contributed by atoms with Crippen LogP contribution >= 0.6 is 34.7 Å². The fourth-order valence-electron chi connectivity index (χ4n) is 3.21. The Bertz CT molecular complexity index is 920. The Kier molecular flexibility index (Phi) is 8.50. The van der Waals surface area contributed by atoms with E-state index in [0.717, 1.165) is 41.9 Å². The zero-order chi connectivity index (χ0) is 21.5. The van der Waals surface area contributed by atoms with Crippen molar-refractivity contribution >= 4 is 51.5 Å². The molecule has 0 radical (unpaired) electrons. The van der Waals surface area contributed by atoms with Crippen LogP contribution in [0.1, 0.15) is 58.0 Å². The maximum atomic E-state index is 12.9. The summed E-state index contributed by atoms with van der Waals surface area (Å²) in [6.07, 6.45) is 4.96. The Morgan fingerprint density at radius 2 is 2.13 bits per heavy atom. The van der Waals surface area contributed by atoms with Crippen LogP contribution in [0.3, 0.4) is 0 Å². The smallest absolute Gasteiger partial charge is 0.276 e. The molecule has 0 saturated heterocycles. The van der Waals surface area contributed by atoms with Crippen molar-refractivity contribution in [2.24, 2.45) is 0 Å². The molecule has 0 saturated carbocycles. The van der Waals surface area contributed by atoms with Gasteiger partial charge in [-0.15, -0.1) is 11.3 Å². The number of halogens is 1. The number of nitrogens with zero attached hydrogens (tertiary/aromatic N) is 2. The summed E-state index contributed by atoms with van der Waals surface area (Å²) in [5.41, 5.74) is 1.71. The second-order valence-corrected chi connectivity index (χ2v) is 9.35. The number of carbonyl (C=O) groups is 2. The predicted molar refractivity (Wildman–Crippen MR) is 121 cm³/mol. The van der Waals surface area contributed by atoms with E-state index in [-0.39, 0.29) is 16.6 Å². The fourth-order valence-corrected chi connectivity index (χ4v) is 5.21. The number of carbonyl (C=O) groups excluding carboxylic acids is 2. The molecule has 2 N–H and O–H groups in total. The number of aryl methyl sites for hydroxylation is 1. The molecule has 7 nitrogen and oxygen atoms in total. The van der Waals surface area contributed by atoms with Crippen LogP contribution in [0.5, 0.6) is 0 Å². The second-order valence-electron chi connectivity index (χ2n) is 6.60. The van der Waals surface area contributed by atoms with Gasteiger partial charge in [-0.3, -0.25) is 9.59 Å². The van der Waals surface area contributed by atoms with Crippen LogP contribution < -0.4 is 10.6 Å². The van der Waals surface area contributed by atoms with Crippen molar-refractivity contribution in [3.63, 3.8) is 0 Å². The molecule has 2 aromatic rings. The lowest BCUT2D eigenvalue weighted by Crippen LogP contribution is -2.27. The molecule has 30 heavy (non-hydrogen) atoms. The Morgan fingerprint density at radius 1 is 1.30 bits per heavy atom. The van der Waals surface area contributed by atoms with Gasteiger partial charge in [-0.1, -0.05) is 30.3 Å². The van der Waals surface area contributed by atoms with Crippen molar-refractivity contribution in [1.29, 1.82) is 0 Å². The number of anilines is 1. The van der Waals surface area contributed by atoms with E-state index >= 15 is 0 Å². The molecule has 1 aliphatic rings. The molecular weight excluding hydrogens is 444 g/mol. The predicted octanol–water partition coefficient (Wildman–Crippen LogP) is 4.20. The number of fused-ring (bicyclic) bond motifs is 1. The molecule has 162 valence electrons. The molecule has 2 amide bonds. The van der Waals surface area contributed by atoms with Gasteiger partial charge in [0.2, 0.25) is 0 Å². The number of rotatable bonds is 10. The first-order valence-electron chi connectivity index (χ1n) is 10.0.